The van der Waals surface area contributed by atoms with Crippen LogP contribution in [0.5, 0.6) is 0 Å². The van der Waals surface area contributed by atoms with Crippen molar-refractivity contribution in [1.29, 1.82) is 0 Å². The first-order valence-electron chi connectivity index (χ1n) is 13.0. The maximum atomic E-state index is 13.1. The second-order valence-corrected chi connectivity index (χ2v) is 9.33. The molecule has 0 aliphatic rings. The van der Waals surface area contributed by atoms with Crippen LogP contribution in [0.4, 0.5) is 5.69 Å². The van der Waals surface area contributed by atoms with E-state index in [1.165, 1.54) is 0 Å². The fraction of sp³-hybridized carbons (Fsp3) is 0. The van der Waals surface area contributed by atoms with Crippen molar-refractivity contribution in [3.8, 4) is 22.3 Å². The van der Waals surface area contributed by atoms with E-state index in [2.05, 4.69) is 51.9 Å². The highest BCUT2D eigenvalue weighted by Gasteiger charge is 2.17. The summed E-state index contributed by atoms with van der Waals surface area (Å²) in [5.41, 5.74) is 10.8. The van der Waals surface area contributed by atoms with Gasteiger partial charge in [0.1, 0.15) is 11.4 Å². The molecule has 5 heteroatoms. The topological polar surface area (TPSA) is 69.6 Å². The number of aromatic nitrogens is 1. The van der Waals surface area contributed by atoms with E-state index in [0.717, 1.165) is 44.3 Å². The quantitative estimate of drug-likeness (QED) is 0.163. The molecule has 2 N–H and O–H groups in total. The van der Waals surface area contributed by atoms with Crippen molar-refractivity contribution in [2.75, 3.05) is 0 Å². The van der Waals surface area contributed by atoms with Gasteiger partial charge in [-0.1, -0.05) is 127 Å². The lowest BCUT2D eigenvalue weighted by atomic mass is 10.0. The van der Waals surface area contributed by atoms with Gasteiger partial charge in [-0.05, 0) is 39.4 Å². The normalized spacial score (nSPS) is 11.4. The molecule has 0 fully saturated rings. The minimum atomic E-state index is -0.361. The highest BCUT2D eigenvalue weighted by molar-refractivity contribution is 6.08. The number of hydrogen-bond donors (Lipinski definition) is 2. The standard InChI is InChI=1S/C35H26N4O/c40-35(39-37-24-26-17-21-30(22-18-26)28-11-5-2-6-12-28)34-33(31-13-7-8-14-32(31)38-34)36-23-25-15-19-29(20-16-25)27-9-3-1-4-10-27/h1-24,38H,(H,39,40)/b36-23?,37-24+. The van der Waals surface area contributed by atoms with Gasteiger partial charge in [0, 0.05) is 17.1 Å². The van der Waals surface area contributed by atoms with Gasteiger partial charge in [0.25, 0.3) is 5.91 Å². The lowest BCUT2D eigenvalue weighted by Gasteiger charge is -2.03. The van der Waals surface area contributed by atoms with Crippen LogP contribution in [-0.2, 0) is 0 Å². The Morgan fingerprint density at radius 1 is 0.575 bits per heavy atom. The van der Waals surface area contributed by atoms with E-state index in [0.29, 0.717) is 11.4 Å². The third-order valence-corrected chi connectivity index (χ3v) is 6.66. The lowest BCUT2D eigenvalue weighted by Crippen LogP contribution is -2.18. The molecule has 6 aromatic rings. The monoisotopic (exact) mass is 518 g/mol. The first kappa shape index (κ1) is 24.8. The van der Waals surface area contributed by atoms with E-state index in [9.17, 15) is 4.79 Å². The molecule has 0 atom stereocenters. The average molecular weight is 519 g/mol. The molecule has 5 aromatic carbocycles. The number of nitrogens with one attached hydrogen (secondary N) is 2. The number of fused-ring (bicyclic) bond motifs is 1. The third kappa shape index (κ3) is 5.49. The number of H-pyrrole nitrogens is 1. The van der Waals surface area contributed by atoms with Crippen LogP contribution < -0.4 is 5.43 Å². The van der Waals surface area contributed by atoms with Crippen molar-refractivity contribution in [3.63, 3.8) is 0 Å². The Kier molecular flexibility index (Phi) is 7.09. The summed E-state index contributed by atoms with van der Waals surface area (Å²) in [4.78, 5) is 21.1. The first-order chi connectivity index (χ1) is 19.7. The number of benzene rings is 5. The van der Waals surface area contributed by atoms with Gasteiger partial charge in [-0.3, -0.25) is 9.79 Å². The number of carbonyl (C=O) groups is 1. The SMILES string of the molecule is O=C(N/N=C/c1ccc(-c2ccccc2)cc1)c1[nH]c2ccccc2c1N=Cc1ccc(-c2ccccc2)cc1. The Labute approximate surface area is 232 Å². The molecule has 0 spiro atoms. The number of nitrogens with zero attached hydrogens (tertiary/aromatic N) is 2. The molecule has 0 radical (unpaired) electrons. The molecule has 5 nitrogen and oxygen atoms in total. The van der Waals surface area contributed by atoms with Crippen molar-refractivity contribution in [1.82, 2.24) is 10.4 Å². The average Bonchev–Trinajstić information content (AvgIpc) is 3.40. The Balaban J connectivity index is 1.19. The highest BCUT2D eigenvalue weighted by Crippen LogP contribution is 2.30. The van der Waals surface area contributed by atoms with Gasteiger partial charge in [0.15, 0.2) is 0 Å². The predicted octanol–water partition coefficient (Wildman–Crippen LogP) is 8.02. The number of rotatable bonds is 7. The Morgan fingerprint density at radius 3 is 1.68 bits per heavy atom. The minimum Gasteiger partial charge on any atom is -0.349 e. The second kappa shape index (κ2) is 11.5. The fourth-order valence-corrected chi connectivity index (χ4v) is 4.57. The number of carbonyl (C=O) groups excluding carboxylic acids is 1. The van der Waals surface area contributed by atoms with Gasteiger partial charge in [0.2, 0.25) is 0 Å². The molecule has 0 saturated carbocycles. The lowest BCUT2D eigenvalue weighted by molar-refractivity contribution is 0.0951. The van der Waals surface area contributed by atoms with Crippen molar-refractivity contribution in [2.45, 2.75) is 0 Å². The van der Waals surface area contributed by atoms with Crippen LogP contribution in [-0.4, -0.2) is 23.3 Å². The molecular weight excluding hydrogens is 492 g/mol. The molecule has 0 bridgehead atoms. The number of aliphatic imine (C=N–C) groups is 1. The van der Waals surface area contributed by atoms with Gasteiger partial charge >= 0.3 is 0 Å². The zero-order valence-corrected chi connectivity index (χ0v) is 21.7. The summed E-state index contributed by atoms with van der Waals surface area (Å²) in [5.74, 6) is -0.361. The predicted molar refractivity (Wildman–Crippen MR) is 164 cm³/mol. The van der Waals surface area contributed by atoms with Gasteiger partial charge in [-0.2, -0.15) is 5.10 Å². The number of amides is 1. The highest BCUT2D eigenvalue weighted by atomic mass is 16.2. The number of aromatic amines is 1. The molecule has 0 saturated heterocycles. The molecule has 192 valence electrons. The van der Waals surface area contributed by atoms with E-state index in [-0.39, 0.29) is 5.91 Å². The van der Waals surface area contributed by atoms with Gasteiger partial charge in [-0.25, -0.2) is 5.43 Å². The molecule has 0 aliphatic carbocycles. The summed E-state index contributed by atoms with van der Waals surface area (Å²) in [6.45, 7) is 0. The van der Waals surface area contributed by atoms with Crippen LogP contribution in [0.2, 0.25) is 0 Å². The van der Waals surface area contributed by atoms with Crippen LogP contribution in [0.1, 0.15) is 21.6 Å². The first-order valence-corrected chi connectivity index (χ1v) is 13.0. The summed E-state index contributed by atoms with van der Waals surface area (Å²) in [7, 11) is 0. The largest absolute Gasteiger partial charge is 0.349 e. The number of para-hydroxylation sites is 1. The summed E-state index contributed by atoms with van der Waals surface area (Å²) in [5, 5.41) is 5.06. The van der Waals surface area contributed by atoms with E-state index >= 15 is 0 Å². The van der Waals surface area contributed by atoms with E-state index in [1.807, 2.05) is 97.1 Å². The van der Waals surface area contributed by atoms with E-state index in [4.69, 9.17) is 4.99 Å². The van der Waals surface area contributed by atoms with Crippen LogP contribution in [0.25, 0.3) is 33.2 Å². The third-order valence-electron chi connectivity index (χ3n) is 6.66. The van der Waals surface area contributed by atoms with Crippen LogP contribution in [0.3, 0.4) is 0 Å². The van der Waals surface area contributed by atoms with Gasteiger partial charge in [0.05, 0.1) is 6.21 Å². The molecule has 40 heavy (non-hydrogen) atoms. The zero-order valence-electron chi connectivity index (χ0n) is 21.7. The van der Waals surface area contributed by atoms with Crippen LogP contribution in [0, 0.1) is 0 Å². The Morgan fingerprint density at radius 2 is 1.07 bits per heavy atom. The zero-order chi connectivity index (χ0) is 27.1. The van der Waals surface area contributed by atoms with E-state index in [1.54, 1.807) is 12.4 Å². The van der Waals surface area contributed by atoms with Crippen molar-refractivity contribution in [3.05, 3.63) is 150 Å². The minimum absolute atomic E-state index is 0.356. The smallest absolute Gasteiger partial charge is 0.290 e. The summed E-state index contributed by atoms with van der Waals surface area (Å²) >= 11 is 0. The molecule has 1 amide bonds. The maximum Gasteiger partial charge on any atom is 0.290 e. The van der Waals surface area contributed by atoms with Crippen molar-refractivity contribution in [2.24, 2.45) is 10.1 Å². The molecule has 1 aromatic heterocycles. The maximum absolute atomic E-state index is 13.1. The van der Waals surface area contributed by atoms with Crippen LogP contribution >= 0.6 is 0 Å². The molecule has 6 rings (SSSR count). The molecule has 0 aliphatic heterocycles. The Hall–Kier alpha value is -5.55. The Bertz CT molecular complexity index is 1800. The second-order valence-electron chi connectivity index (χ2n) is 9.33. The van der Waals surface area contributed by atoms with E-state index < -0.39 is 0 Å². The molecule has 0 unspecified atom stereocenters. The van der Waals surface area contributed by atoms with Crippen molar-refractivity contribution < 1.29 is 4.79 Å². The van der Waals surface area contributed by atoms with Crippen molar-refractivity contribution >= 4 is 34.9 Å². The van der Waals surface area contributed by atoms with Gasteiger partial charge in [-0.15, -0.1) is 0 Å². The summed E-state index contributed by atoms with van der Waals surface area (Å²) < 4.78 is 0. The number of hydrazone groups is 1. The molecule has 1 heterocycles. The summed E-state index contributed by atoms with van der Waals surface area (Å²) in [6, 6.07) is 44.4. The molecular formula is C35H26N4O. The van der Waals surface area contributed by atoms with Crippen LogP contribution in [0.15, 0.2) is 144 Å². The summed E-state index contributed by atoms with van der Waals surface area (Å²) in [6.07, 6.45) is 3.41. The van der Waals surface area contributed by atoms with Gasteiger partial charge < -0.3 is 4.98 Å². The number of hydrogen-bond acceptors (Lipinski definition) is 3. The fourth-order valence-electron chi connectivity index (χ4n) is 4.57.